The lowest BCUT2D eigenvalue weighted by Gasteiger charge is -2.00. The Labute approximate surface area is 192 Å². The summed E-state index contributed by atoms with van der Waals surface area (Å²) in [7, 11) is 0. The maximum atomic E-state index is 13.3. The lowest BCUT2D eigenvalue weighted by atomic mass is 10.2. The van der Waals surface area contributed by atoms with Crippen molar-refractivity contribution in [3.63, 3.8) is 0 Å². The predicted molar refractivity (Wildman–Crippen MR) is 128 cm³/mol. The average Bonchev–Trinajstić information content (AvgIpc) is 3.51. The van der Waals surface area contributed by atoms with Crippen LogP contribution in [-0.2, 0) is 4.79 Å². The number of hydrogen-bond acceptors (Lipinski definition) is 6. The standard InChI is InChI=1S/C24H19N5O3S/c1-14-8-11-20(32-14)22-18(13-29(28-22)17-6-4-3-5-7-17)23(31)27-24-26-19-10-9-16(25-15(2)30)12-21(19)33-24/h3-13H,1-2H3,(H,25,30)(H,26,27,31). The monoisotopic (exact) mass is 457 g/mol. The van der Waals surface area contributed by atoms with Gasteiger partial charge in [-0.05, 0) is 49.4 Å². The number of hydrogen-bond donors (Lipinski definition) is 2. The van der Waals surface area contributed by atoms with Crippen LogP contribution in [0.5, 0.6) is 0 Å². The van der Waals surface area contributed by atoms with Crippen LogP contribution >= 0.6 is 11.3 Å². The number of rotatable bonds is 5. The van der Waals surface area contributed by atoms with E-state index in [-0.39, 0.29) is 11.8 Å². The Balaban J connectivity index is 1.48. The molecule has 0 aliphatic carbocycles. The molecular weight excluding hydrogens is 438 g/mol. The molecule has 3 aromatic heterocycles. The van der Waals surface area contributed by atoms with Crippen molar-refractivity contribution in [3.05, 3.63) is 78.2 Å². The van der Waals surface area contributed by atoms with E-state index in [9.17, 15) is 9.59 Å². The van der Waals surface area contributed by atoms with Gasteiger partial charge in [0.25, 0.3) is 5.91 Å². The van der Waals surface area contributed by atoms with E-state index in [1.807, 2.05) is 49.4 Å². The van der Waals surface area contributed by atoms with Crippen molar-refractivity contribution in [1.82, 2.24) is 14.8 Å². The highest BCUT2D eigenvalue weighted by molar-refractivity contribution is 7.22. The minimum atomic E-state index is -0.345. The van der Waals surface area contributed by atoms with Gasteiger partial charge in [0.1, 0.15) is 11.5 Å². The Morgan fingerprint density at radius 2 is 1.85 bits per heavy atom. The van der Waals surface area contributed by atoms with E-state index in [0.717, 1.165) is 21.7 Å². The molecule has 3 heterocycles. The van der Waals surface area contributed by atoms with Crippen molar-refractivity contribution in [2.24, 2.45) is 0 Å². The SMILES string of the molecule is CC(=O)Nc1ccc2nc(NC(=O)c3cn(-c4ccccc4)nc3-c3ccc(C)o3)sc2c1. The number of nitrogens with zero attached hydrogens (tertiary/aromatic N) is 3. The van der Waals surface area contributed by atoms with Crippen molar-refractivity contribution in [1.29, 1.82) is 0 Å². The maximum absolute atomic E-state index is 13.3. The van der Waals surface area contributed by atoms with Crippen LogP contribution in [0.4, 0.5) is 10.8 Å². The zero-order valence-corrected chi connectivity index (χ0v) is 18.6. The summed E-state index contributed by atoms with van der Waals surface area (Å²) >= 11 is 1.33. The summed E-state index contributed by atoms with van der Waals surface area (Å²) in [4.78, 5) is 29.1. The average molecular weight is 458 g/mol. The zero-order chi connectivity index (χ0) is 22.9. The molecule has 8 nitrogen and oxygen atoms in total. The second kappa shape index (κ2) is 8.36. The number of amides is 2. The quantitative estimate of drug-likeness (QED) is 0.375. The molecular formula is C24H19N5O3S. The summed E-state index contributed by atoms with van der Waals surface area (Å²) in [6.07, 6.45) is 1.68. The van der Waals surface area contributed by atoms with Crippen LogP contribution in [0.3, 0.4) is 0 Å². The number of nitrogens with one attached hydrogen (secondary N) is 2. The van der Waals surface area contributed by atoms with E-state index in [2.05, 4.69) is 20.7 Å². The fraction of sp³-hybridized carbons (Fsp3) is 0.0833. The molecule has 9 heteroatoms. The second-order valence-corrected chi connectivity index (χ2v) is 8.45. The minimum Gasteiger partial charge on any atom is -0.460 e. The van der Waals surface area contributed by atoms with Gasteiger partial charge < -0.3 is 9.73 Å². The number of carbonyl (C=O) groups excluding carboxylic acids is 2. The van der Waals surface area contributed by atoms with Crippen molar-refractivity contribution in [2.45, 2.75) is 13.8 Å². The Morgan fingerprint density at radius 3 is 2.58 bits per heavy atom. The predicted octanol–water partition coefficient (Wildman–Crippen LogP) is 5.26. The number of carbonyl (C=O) groups is 2. The van der Waals surface area contributed by atoms with Gasteiger partial charge in [0, 0.05) is 18.8 Å². The summed E-state index contributed by atoms with van der Waals surface area (Å²) in [5.74, 6) is 0.745. The second-order valence-electron chi connectivity index (χ2n) is 7.42. The first-order valence-corrected chi connectivity index (χ1v) is 11.0. The van der Waals surface area contributed by atoms with Crippen molar-refractivity contribution in [2.75, 3.05) is 10.6 Å². The molecule has 0 bridgehead atoms. The Hall–Kier alpha value is -4.24. The van der Waals surface area contributed by atoms with Crippen LogP contribution in [0, 0.1) is 6.92 Å². The molecule has 2 amide bonds. The first-order valence-electron chi connectivity index (χ1n) is 10.2. The molecule has 0 aliphatic rings. The molecule has 0 aliphatic heterocycles. The third kappa shape index (κ3) is 4.26. The molecule has 0 fully saturated rings. The number of para-hydroxylation sites is 1. The van der Waals surface area contributed by atoms with E-state index < -0.39 is 0 Å². The van der Waals surface area contributed by atoms with Crippen LogP contribution in [0.25, 0.3) is 27.4 Å². The fourth-order valence-electron chi connectivity index (χ4n) is 3.42. The number of aryl methyl sites for hydroxylation is 1. The molecule has 164 valence electrons. The number of thiazole rings is 1. The van der Waals surface area contributed by atoms with Gasteiger partial charge in [-0.15, -0.1) is 0 Å². The van der Waals surface area contributed by atoms with Gasteiger partial charge in [0.15, 0.2) is 10.9 Å². The highest BCUT2D eigenvalue weighted by Crippen LogP contribution is 2.30. The van der Waals surface area contributed by atoms with Gasteiger partial charge in [-0.25, -0.2) is 9.67 Å². The number of anilines is 2. The van der Waals surface area contributed by atoms with E-state index in [0.29, 0.717) is 27.8 Å². The van der Waals surface area contributed by atoms with Gasteiger partial charge >= 0.3 is 0 Å². The highest BCUT2D eigenvalue weighted by atomic mass is 32.1. The first-order chi connectivity index (χ1) is 16.0. The lowest BCUT2D eigenvalue weighted by Crippen LogP contribution is -2.12. The minimum absolute atomic E-state index is 0.150. The molecule has 0 spiro atoms. The zero-order valence-electron chi connectivity index (χ0n) is 17.8. The molecule has 33 heavy (non-hydrogen) atoms. The molecule has 0 saturated heterocycles. The highest BCUT2D eigenvalue weighted by Gasteiger charge is 2.22. The number of aromatic nitrogens is 3. The summed E-state index contributed by atoms with van der Waals surface area (Å²) < 4.78 is 8.25. The van der Waals surface area contributed by atoms with Crippen molar-refractivity contribution in [3.8, 4) is 17.1 Å². The van der Waals surface area contributed by atoms with E-state index >= 15 is 0 Å². The smallest absolute Gasteiger partial charge is 0.261 e. The topological polar surface area (TPSA) is 102 Å². The first kappa shape index (κ1) is 20.7. The molecule has 2 N–H and O–H groups in total. The number of fused-ring (bicyclic) bond motifs is 1. The molecule has 0 saturated carbocycles. The summed E-state index contributed by atoms with van der Waals surface area (Å²) in [6, 6.07) is 18.6. The van der Waals surface area contributed by atoms with Crippen molar-refractivity contribution < 1.29 is 14.0 Å². The van der Waals surface area contributed by atoms with Crippen LogP contribution in [0.2, 0.25) is 0 Å². The maximum Gasteiger partial charge on any atom is 0.261 e. The molecule has 5 aromatic rings. The summed E-state index contributed by atoms with van der Waals surface area (Å²) in [5.41, 5.74) is 3.04. The number of benzene rings is 2. The summed E-state index contributed by atoms with van der Waals surface area (Å²) in [5, 5.41) is 10.7. The van der Waals surface area contributed by atoms with Gasteiger partial charge in [-0.2, -0.15) is 5.10 Å². The molecule has 5 rings (SSSR count). The largest absolute Gasteiger partial charge is 0.460 e. The van der Waals surface area contributed by atoms with E-state index in [1.165, 1.54) is 18.3 Å². The number of furan rings is 1. The summed E-state index contributed by atoms with van der Waals surface area (Å²) in [6.45, 7) is 3.30. The van der Waals surface area contributed by atoms with Crippen molar-refractivity contribution >= 4 is 44.2 Å². The molecule has 0 radical (unpaired) electrons. The van der Waals surface area contributed by atoms with Crippen LogP contribution in [0.15, 0.2) is 71.3 Å². The Morgan fingerprint density at radius 1 is 1.03 bits per heavy atom. The van der Waals surface area contributed by atoms with Gasteiger partial charge in [-0.3, -0.25) is 14.9 Å². The Bertz CT molecular complexity index is 1480. The van der Waals surface area contributed by atoms with Crippen LogP contribution < -0.4 is 10.6 Å². The molecule has 0 atom stereocenters. The van der Waals surface area contributed by atoms with E-state index in [4.69, 9.17) is 4.42 Å². The van der Waals surface area contributed by atoms with Gasteiger partial charge in [0.2, 0.25) is 5.91 Å². The van der Waals surface area contributed by atoms with Gasteiger partial charge in [0.05, 0.1) is 21.5 Å². The third-order valence-electron chi connectivity index (χ3n) is 4.88. The lowest BCUT2D eigenvalue weighted by molar-refractivity contribution is -0.114. The normalized spacial score (nSPS) is 11.0. The third-order valence-corrected chi connectivity index (χ3v) is 5.82. The Kier molecular flexibility index (Phi) is 5.23. The van der Waals surface area contributed by atoms with Crippen LogP contribution in [-0.4, -0.2) is 26.6 Å². The van der Waals surface area contributed by atoms with Gasteiger partial charge in [-0.1, -0.05) is 29.5 Å². The molecule has 0 unspecified atom stereocenters. The molecule has 2 aromatic carbocycles. The van der Waals surface area contributed by atoms with Crippen LogP contribution in [0.1, 0.15) is 23.0 Å². The van der Waals surface area contributed by atoms with E-state index in [1.54, 1.807) is 29.1 Å². The fourth-order valence-corrected chi connectivity index (χ4v) is 4.32.